The molecule has 43 heavy (non-hydrogen) atoms. The van der Waals surface area contributed by atoms with Crippen LogP contribution in [0.25, 0.3) is 10.9 Å². The summed E-state index contributed by atoms with van der Waals surface area (Å²) >= 11 is 0. The molecule has 1 aliphatic rings. The van der Waals surface area contributed by atoms with Crippen LogP contribution < -0.4 is 4.74 Å². The molecule has 0 bridgehead atoms. The number of fused-ring (bicyclic) bond motifs is 2. The fourth-order valence-electron chi connectivity index (χ4n) is 5.52. The van der Waals surface area contributed by atoms with Crippen LogP contribution >= 0.6 is 0 Å². The van der Waals surface area contributed by atoms with E-state index >= 15 is 0 Å². The number of aliphatic hydroxyl groups is 1. The largest absolute Gasteiger partial charge is 0.507 e. The number of hydrogen-bond donors (Lipinski definition) is 2. The predicted molar refractivity (Wildman–Crippen MR) is 160 cm³/mol. The van der Waals surface area contributed by atoms with Crippen LogP contribution in [0.5, 0.6) is 11.5 Å². The minimum absolute atomic E-state index is 0.124. The SMILES string of the molecule is CC(C)(C)c1cc(CCC(O)Oc2cccc3ccc(C4C(=O)c5cc(F)c(F)cc5C4=O)nc23)cc(C(C)(C)C)c1O. The van der Waals surface area contributed by atoms with Crippen LogP contribution in [0.4, 0.5) is 8.78 Å². The van der Waals surface area contributed by atoms with E-state index in [9.17, 15) is 28.6 Å². The topological polar surface area (TPSA) is 96.7 Å². The Morgan fingerprint density at radius 3 is 1.95 bits per heavy atom. The van der Waals surface area contributed by atoms with E-state index in [1.54, 1.807) is 24.3 Å². The average molecular weight is 588 g/mol. The number of aryl methyl sites for hydroxylation is 1. The number of benzene rings is 3. The van der Waals surface area contributed by atoms with Gasteiger partial charge in [0.1, 0.15) is 22.9 Å². The van der Waals surface area contributed by atoms with Crippen molar-refractivity contribution in [2.24, 2.45) is 0 Å². The second-order valence-corrected chi connectivity index (χ2v) is 13.2. The molecule has 1 atom stereocenters. The lowest BCUT2D eigenvalue weighted by molar-refractivity contribution is -0.0216. The Kier molecular flexibility index (Phi) is 7.63. The number of phenols is 1. The fraction of sp³-hybridized carbons (Fsp3) is 0.343. The summed E-state index contributed by atoms with van der Waals surface area (Å²) in [6.45, 7) is 12.2. The number of halogens is 2. The zero-order chi connectivity index (χ0) is 31.4. The van der Waals surface area contributed by atoms with Crippen LogP contribution in [0.15, 0.2) is 54.6 Å². The summed E-state index contributed by atoms with van der Waals surface area (Å²) in [5.41, 5.74) is 2.17. The lowest BCUT2D eigenvalue weighted by Gasteiger charge is -2.28. The van der Waals surface area contributed by atoms with Crippen LogP contribution in [0.1, 0.15) is 97.0 Å². The monoisotopic (exact) mass is 587 g/mol. The Bertz CT molecular complexity index is 1690. The van der Waals surface area contributed by atoms with Crippen LogP contribution in [0.3, 0.4) is 0 Å². The van der Waals surface area contributed by atoms with E-state index in [0.29, 0.717) is 17.3 Å². The Morgan fingerprint density at radius 2 is 1.42 bits per heavy atom. The Balaban J connectivity index is 1.40. The van der Waals surface area contributed by atoms with Crippen molar-refractivity contribution in [3.8, 4) is 11.5 Å². The number of phenolic OH excluding ortho intramolecular Hbond substituents is 1. The van der Waals surface area contributed by atoms with Crippen molar-refractivity contribution >= 4 is 22.5 Å². The van der Waals surface area contributed by atoms with Gasteiger partial charge in [-0.1, -0.05) is 71.9 Å². The molecule has 5 rings (SSSR count). The Hall–Kier alpha value is -4.17. The molecule has 0 amide bonds. The van der Waals surface area contributed by atoms with Gasteiger partial charge in [0.2, 0.25) is 0 Å². The van der Waals surface area contributed by atoms with Gasteiger partial charge in [-0.15, -0.1) is 0 Å². The number of carbonyl (C=O) groups excluding carboxylic acids is 2. The molecular weight excluding hydrogens is 552 g/mol. The molecule has 1 heterocycles. The number of nitrogens with zero attached hydrogens (tertiary/aromatic N) is 1. The number of para-hydroxylation sites is 1. The van der Waals surface area contributed by atoms with Gasteiger partial charge < -0.3 is 14.9 Å². The zero-order valence-corrected chi connectivity index (χ0v) is 25.1. The number of ketones is 2. The van der Waals surface area contributed by atoms with E-state index in [4.69, 9.17) is 4.74 Å². The van der Waals surface area contributed by atoms with Crippen molar-refractivity contribution in [1.82, 2.24) is 4.98 Å². The number of ether oxygens (including phenoxy) is 1. The van der Waals surface area contributed by atoms with Gasteiger partial charge in [0.15, 0.2) is 29.5 Å². The molecule has 4 aromatic rings. The Labute approximate surface area is 249 Å². The molecule has 2 N–H and O–H groups in total. The molecule has 0 radical (unpaired) electrons. The molecule has 224 valence electrons. The number of pyridine rings is 1. The number of aromatic hydroxyl groups is 1. The standard InChI is InChI=1S/C35H35F2NO5/c1-34(2,3)22-14-18(15-23(33(22)42)35(4,5)6)10-13-28(39)43-27-9-7-8-19-11-12-26(38-30(19)27)29-31(40)20-16-24(36)25(37)17-21(20)32(29)41/h7-9,11-12,14-17,28-29,39,42H,10,13H2,1-6H3. The number of Topliss-reactive ketones (excluding diaryl/α,β-unsaturated/α-hetero) is 2. The summed E-state index contributed by atoms with van der Waals surface area (Å²) in [4.78, 5) is 30.6. The molecule has 1 aromatic heterocycles. The van der Waals surface area contributed by atoms with E-state index in [1.165, 1.54) is 6.07 Å². The molecule has 0 fully saturated rings. The van der Waals surface area contributed by atoms with Gasteiger partial charge in [0.05, 0.1) is 5.69 Å². The smallest absolute Gasteiger partial charge is 0.197 e. The van der Waals surface area contributed by atoms with Gasteiger partial charge in [-0.25, -0.2) is 13.8 Å². The van der Waals surface area contributed by atoms with Crippen molar-refractivity contribution in [2.45, 2.75) is 77.4 Å². The maximum atomic E-state index is 13.8. The second-order valence-electron chi connectivity index (χ2n) is 13.2. The first-order valence-electron chi connectivity index (χ1n) is 14.2. The number of carbonyl (C=O) groups is 2. The van der Waals surface area contributed by atoms with Crippen molar-refractivity contribution in [3.05, 3.63) is 99.7 Å². The summed E-state index contributed by atoms with van der Waals surface area (Å²) in [6.07, 6.45) is -0.473. The highest BCUT2D eigenvalue weighted by molar-refractivity contribution is 6.29. The summed E-state index contributed by atoms with van der Waals surface area (Å²) in [6, 6.07) is 13.8. The first-order valence-corrected chi connectivity index (χ1v) is 14.2. The van der Waals surface area contributed by atoms with Gasteiger partial charge in [0, 0.05) is 22.9 Å². The first kappa shape index (κ1) is 30.3. The number of aliphatic hydroxyl groups excluding tert-OH is 1. The van der Waals surface area contributed by atoms with Crippen LogP contribution in [0.2, 0.25) is 0 Å². The molecule has 8 heteroatoms. The van der Waals surface area contributed by atoms with Crippen molar-refractivity contribution in [3.63, 3.8) is 0 Å². The number of aromatic nitrogens is 1. The van der Waals surface area contributed by atoms with Crippen molar-refractivity contribution in [2.75, 3.05) is 0 Å². The predicted octanol–water partition coefficient (Wildman–Crippen LogP) is 7.31. The third kappa shape index (κ3) is 5.76. The fourth-order valence-corrected chi connectivity index (χ4v) is 5.52. The van der Waals surface area contributed by atoms with Crippen LogP contribution in [0, 0.1) is 11.6 Å². The average Bonchev–Trinajstić information content (AvgIpc) is 3.15. The van der Waals surface area contributed by atoms with Gasteiger partial charge in [-0.3, -0.25) is 9.59 Å². The quantitative estimate of drug-likeness (QED) is 0.181. The number of rotatable bonds is 6. The summed E-state index contributed by atoms with van der Waals surface area (Å²) < 4.78 is 33.5. The van der Waals surface area contributed by atoms with E-state index in [-0.39, 0.29) is 45.6 Å². The number of hydrogen-bond acceptors (Lipinski definition) is 6. The van der Waals surface area contributed by atoms with Gasteiger partial charge in [-0.2, -0.15) is 0 Å². The summed E-state index contributed by atoms with van der Waals surface area (Å²) in [5, 5.41) is 22.6. The molecule has 1 unspecified atom stereocenters. The molecule has 0 spiro atoms. The summed E-state index contributed by atoms with van der Waals surface area (Å²) in [5.74, 6) is -4.49. The van der Waals surface area contributed by atoms with Gasteiger partial charge in [-0.05, 0) is 58.2 Å². The minimum Gasteiger partial charge on any atom is -0.507 e. The van der Waals surface area contributed by atoms with Crippen LogP contribution in [-0.2, 0) is 17.3 Å². The highest BCUT2D eigenvalue weighted by Crippen LogP contribution is 2.40. The maximum absolute atomic E-state index is 13.8. The molecule has 6 nitrogen and oxygen atoms in total. The van der Waals surface area contributed by atoms with Gasteiger partial charge >= 0.3 is 0 Å². The molecule has 0 saturated carbocycles. The van der Waals surface area contributed by atoms with Crippen molar-refractivity contribution < 1.29 is 33.3 Å². The third-order valence-electron chi connectivity index (χ3n) is 7.84. The molecular formula is C35H35F2NO5. The minimum atomic E-state index is -1.33. The molecule has 1 aliphatic carbocycles. The van der Waals surface area contributed by atoms with E-state index < -0.39 is 35.4 Å². The van der Waals surface area contributed by atoms with Gasteiger partial charge in [0.25, 0.3) is 0 Å². The third-order valence-corrected chi connectivity index (χ3v) is 7.84. The summed E-state index contributed by atoms with van der Waals surface area (Å²) in [7, 11) is 0. The Morgan fingerprint density at radius 1 is 0.860 bits per heavy atom. The molecule has 3 aromatic carbocycles. The molecule has 0 aliphatic heterocycles. The van der Waals surface area contributed by atoms with E-state index in [2.05, 4.69) is 4.98 Å². The van der Waals surface area contributed by atoms with E-state index in [1.807, 2.05) is 53.7 Å². The normalized spacial score (nSPS) is 14.8. The van der Waals surface area contributed by atoms with Crippen molar-refractivity contribution in [1.29, 1.82) is 0 Å². The zero-order valence-electron chi connectivity index (χ0n) is 25.1. The lowest BCUT2D eigenvalue weighted by Crippen LogP contribution is -2.19. The second kappa shape index (κ2) is 10.8. The lowest BCUT2D eigenvalue weighted by atomic mass is 9.78. The maximum Gasteiger partial charge on any atom is 0.197 e. The van der Waals surface area contributed by atoms with E-state index in [0.717, 1.165) is 28.8 Å². The first-order chi connectivity index (χ1) is 20.1. The molecule has 0 saturated heterocycles. The van der Waals surface area contributed by atoms with Crippen LogP contribution in [-0.4, -0.2) is 33.1 Å². The highest BCUT2D eigenvalue weighted by atomic mass is 19.2. The highest BCUT2D eigenvalue weighted by Gasteiger charge is 2.41.